The zero-order valence-electron chi connectivity index (χ0n) is 18.8. The van der Waals surface area contributed by atoms with E-state index in [0.29, 0.717) is 11.3 Å². The third-order valence-corrected chi connectivity index (χ3v) is 6.57. The molecule has 0 bridgehead atoms. The number of pyridine rings is 1. The highest BCUT2D eigenvalue weighted by molar-refractivity contribution is 5.79. The lowest BCUT2D eigenvalue weighted by Crippen LogP contribution is -2.39. The van der Waals surface area contributed by atoms with Crippen molar-refractivity contribution in [1.82, 2.24) is 15.0 Å². The molecule has 0 atom stereocenters. The van der Waals surface area contributed by atoms with Crippen LogP contribution >= 0.6 is 0 Å². The number of imidazole rings is 1. The number of hydrogen-bond donors (Lipinski definition) is 1. The number of hydrogen-bond acceptors (Lipinski definition) is 6. The average molecular weight is 453 g/mol. The SMILES string of the molecule is CC(=O)O[C@H]1CC[C@H](OC2CCN(c3ccc(-c4nc5ccc(F)cc5[nH]4)cn3)CC2)CC1. The molecule has 0 spiro atoms. The van der Waals surface area contributed by atoms with Crippen LogP contribution in [0, 0.1) is 5.82 Å². The molecule has 1 aromatic carbocycles. The summed E-state index contributed by atoms with van der Waals surface area (Å²) in [5.41, 5.74) is 2.28. The van der Waals surface area contributed by atoms with Crippen LogP contribution < -0.4 is 4.90 Å². The maximum absolute atomic E-state index is 13.4. The van der Waals surface area contributed by atoms with Crippen molar-refractivity contribution in [2.24, 2.45) is 0 Å². The number of piperidine rings is 1. The third-order valence-electron chi connectivity index (χ3n) is 6.57. The zero-order valence-corrected chi connectivity index (χ0v) is 18.8. The number of nitrogens with one attached hydrogen (secondary N) is 1. The van der Waals surface area contributed by atoms with Crippen LogP contribution in [0.4, 0.5) is 10.2 Å². The summed E-state index contributed by atoms with van der Waals surface area (Å²) in [6.45, 7) is 3.29. The van der Waals surface area contributed by atoms with E-state index in [9.17, 15) is 9.18 Å². The lowest BCUT2D eigenvalue weighted by atomic mass is 9.94. The molecule has 0 unspecified atom stereocenters. The molecule has 1 aliphatic carbocycles. The molecule has 1 saturated carbocycles. The first kappa shape index (κ1) is 21.8. The number of carbonyl (C=O) groups excluding carboxylic acids is 1. The van der Waals surface area contributed by atoms with Gasteiger partial charge in [0.2, 0.25) is 0 Å². The Morgan fingerprint density at radius 1 is 1.03 bits per heavy atom. The molecule has 8 heteroatoms. The van der Waals surface area contributed by atoms with E-state index < -0.39 is 0 Å². The molecule has 1 aliphatic heterocycles. The van der Waals surface area contributed by atoms with Crippen LogP contribution in [0.25, 0.3) is 22.4 Å². The first-order valence-electron chi connectivity index (χ1n) is 11.7. The van der Waals surface area contributed by atoms with Crippen molar-refractivity contribution in [2.75, 3.05) is 18.0 Å². The number of ether oxygens (including phenoxy) is 2. The van der Waals surface area contributed by atoms with Crippen molar-refractivity contribution in [2.45, 2.75) is 63.8 Å². The quantitative estimate of drug-likeness (QED) is 0.569. The van der Waals surface area contributed by atoms with E-state index in [-0.39, 0.29) is 30.1 Å². The molecule has 174 valence electrons. The maximum Gasteiger partial charge on any atom is 0.302 e. The fourth-order valence-electron chi connectivity index (χ4n) is 4.85. The Morgan fingerprint density at radius 2 is 1.76 bits per heavy atom. The lowest BCUT2D eigenvalue weighted by molar-refractivity contribution is -0.150. The number of aromatic amines is 1. The lowest BCUT2D eigenvalue weighted by Gasteiger charge is -2.36. The average Bonchev–Trinajstić information content (AvgIpc) is 3.24. The molecule has 0 radical (unpaired) electrons. The first-order chi connectivity index (χ1) is 16.0. The van der Waals surface area contributed by atoms with Gasteiger partial charge < -0.3 is 19.4 Å². The molecule has 2 aromatic heterocycles. The monoisotopic (exact) mass is 452 g/mol. The van der Waals surface area contributed by atoms with E-state index in [4.69, 9.17) is 9.47 Å². The van der Waals surface area contributed by atoms with Crippen LogP contribution in [0.1, 0.15) is 45.4 Å². The normalized spacial score (nSPS) is 21.9. The predicted octanol–water partition coefficient (Wildman–Crippen LogP) is 4.62. The van der Waals surface area contributed by atoms with Gasteiger partial charge >= 0.3 is 5.97 Å². The molecule has 33 heavy (non-hydrogen) atoms. The highest BCUT2D eigenvalue weighted by atomic mass is 19.1. The van der Waals surface area contributed by atoms with E-state index in [0.717, 1.165) is 68.5 Å². The van der Waals surface area contributed by atoms with E-state index >= 15 is 0 Å². The zero-order chi connectivity index (χ0) is 22.8. The van der Waals surface area contributed by atoms with Crippen LogP contribution in [-0.4, -0.2) is 52.3 Å². The largest absolute Gasteiger partial charge is 0.463 e. The second-order valence-corrected chi connectivity index (χ2v) is 8.98. The Hall–Kier alpha value is -3.00. The number of halogens is 1. The van der Waals surface area contributed by atoms with Gasteiger partial charge in [-0.25, -0.2) is 14.4 Å². The number of aromatic nitrogens is 3. The summed E-state index contributed by atoms with van der Waals surface area (Å²) in [7, 11) is 0. The first-order valence-corrected chi connectivity index (χ1v) is 11.7. The minimum atomic E-state index is -0.284. The van der Waals surface area contributed by atoms with Gasteiger partial charge in [-0.2, -0.15) is 0 Å². The number of rotatable bonds is 5. The highest BCUT2D eigenvalue weighted by Gasteiger charge is 2.28. The minimum Gasteiger partial charge on any atom is -0.463 e. The van der Waals surface area contributed by atoms with Crippen molar-refractivity contribution in [3.8, 4) is 11.4 Å². The summed E-state index contributed by atoms with van der Waals surface area (Å²) >= 11 is 0. The van der Waals surface area contributed by atoms with Gasteiger partial charge in [0.25, 0.3) is 0 Å². The number of anilines is 1. The number of carbonyl (C=O) groups is 1. The van der Waals surface area contributed by atoms with E-state index in [2.05, 4.69) is 19.9 Å². The molecule has 3 heterocycles. The van der Waals surface area contributed by atoms with Crippen LogP contribution in [0.5, 0.6) is 0 Å². The van der Waals surface area contributed by atoms with E-state index in [1.165, 1.54) is 19.1 Å². The van der Waals surface area contributed by atoms with Gasteiger partial charge in [-0.15, -0.1) is 0 Å². The molecule has 2 fully saturated rings. The Labute approximate surface area is 192 Å². The van der Waals surface area contributed by atoms with Gasteiger partial charge in [-0.1, -0.05) is 0 Å². The third kappa shape index (κ3) is 5.16. The number of H-pyrrole nitrogens is 1. The second kappa shape index (κ2) is 9.47. The van der Waals surface area contributed by atoms with Crippen LogP contribution in [0.3, 0.4) is 0 Å². The fraction of sp³-hybridized carbons (Fsp3) is 0.480. The standard InChI is InChI=1S/C25H29FN4O3/c1-16(31)32-19-4-6-20(7-5-19)33-21-10-12-30(13-11-21)24-9-2-17(15-27-24)25-28-22-8-3-18(26)14-23(22)29-25/h2-3,8-9,14-15,19-21H,4-7,10-13H2,1H3,(H,28,29)/t19-,20-. The fourth-order valence-corrected chi connectivity index (χ4v) is 4.85. The second-order valence-electron chi connectivity index (χ2n) is 8.98. The van der Waals surface area contributed by atoms with Crippen molar-refractivity contribution < 1.29 is 18.7 Å². The predicted molar refractivity (Wildman–Crippen MR) is 123 cm³/mol. The summed E-state index contributed by atoms with van der Waals surface area (Å²) < 4.78 is 25.1. The Morgan fingerprint density at radius 3 is 2.45 bits per heavy atom. The van der Waals surface area contributed by atoms with Gasteiger partial charge in [-0.3, -0.25) is 4.79 Å². The Kier molecular flexibility index (Phi) is 6.26. The summed E-state index contributed by atoms with van der Waals surface area (Å²) in [5, 5.41) is 0. The minimum absolute atomic E-state index is 0.0546. The van der Waals surface area contributed by atoms with Gasteiger partial charge in [0.15, 0.2) is 0 Å². The summed E-state index contributed by atoms with van der Waals surface area (Å²) in [6.07, 6.45) is 8.04. The van der Waals surface area contributed by atoms with Gasteiger partial charge in [0.1, 0.15) is 23.6 Å². The number of nitrogens with zero attached hydrogens (tertiary/aromatic N) is 3. The van der Waals surface area contributed by atoms with Crippen LogP contribution in [-0.2, 0) is 14.3 Å². The smallest absolute Gasteiger partial charge is 0.302 e. The number of benzene rings is 1. The van der Waals surface area contributed by atoms with Crippen LogP contribution in [0.15, 0.2) is 36.5 Å². The summed E-state index contributed by atoms with van der Waals surface area (Å²) in [5.74, 6) is 1.15. The maximum atomic E-state index is 13.4. The molecule has 7 nitrogen and oxygen atoms in total. The summed E-state index contributed by atoms with van der Waals surface area (Å²) in [4.78, 5) is 25.7. The van der Waals surface area contributed by atoms with Gasteiger partial charge in [0, 0.05) is 31.8 Å². The molecule has 0 amide bonds. The highest BCUT2D eigenvalue weighted by Crippen LogP contribution is 2.28. The summed E-state index contributed by atoms with van der Waals surface area (Å²) in [6, 6.07) is 8.55. The molecular formula is C25H29FN4O3. The molecule has 1 N–H and O–H groups in total. The molecular weight excluding hydrogens is 423 g/mol. The van der Waals surface area contributed by atoms with Crippen LogP contribution in [0.2, 0.25) is 0 Å². The van der Waals surface area contributed by atoms with Crippen molar-refractivity contribution in [1.29, 1.82) is 0 Å². The van der Waals surface area contributed by atoms with E-state index in [1.54, 1.807) is 6.07 Å². The molecule has 2 aliphatic rings. The van der Waals surface area contributed by atoms with Crippen molar-refractivity contribution in [3.63, 3.8) is 0 Å². The van der Waals surface area contributed by atoms with Crippen molar-refractivity contribution >= 4 is 22.8 Å². The molecule has 3 aromatic rings. The number of fused-ring (bicyclic) bond motifs is 1. The Balaban J connectivity index is 1.12. The van der Waals surface area contributed by atoms with Gasteiger partial charge in [0.05, 0.1) is 23.2 Å². The van der Waals surface area contributed by atoms with E-state index in [1.807, 2.05) is 18.3 Å². The van der Waals surface area contributed by atoms with Gasteiger partial charge in [-0.05, 0) is 68.9 Å². The topological polar surface area (TPSA) is 80.3 Å². The molecule has 5 rings (SSSR count). The number of esters is 1. The van der Waals surface area contributed by atoms with Crippen molar-refractivity contribution in [3.05, 3.63) is 42.3 Å². The Bertz CT molecular complexity index is 1100. The molecule has 1 saturated heterocycles.